The van der Waals surface area contributed by atoms with E-state index in [0.717, 1.165) is 6.04 Å². The van der Waals surface area contributed by atoms with E-state index in [0.29, 0.717) is 18.2 Å². The van der Waals surface area contributed by atoms with Crippen molar-refractivity contribution in [2.24, 2.45) is 0 Å². The zero-order valence-electron chi connectivity index (χ0n) is 10.9. The topological polar surface area (TPSA) is 21.3 Å². The average molecular weight is 225 g/mol. The molecule has 1 N–H and O–H groups in total. The first-order valence-corrected chi connectivity index (χ1v) is 7.15. The van der Waals surface area contributed by atoms with Gasteiger partial charge in [-0.2, -0.15) is 0 Å². The van der Waals surface area contributed by atoms with Crippen molar-refractivity contribution in [3.05, 3.63) is 0 Å². The molecule has 0 aromatic heterocycles. The highest BCUT2D eigenvalue weighted by Gasteiger charge is 2.26. The van der Waals surface area contributed by atoms with Crippen molar-refractivity contribution in [2.45, 2.75) is 89.5 Å². The van der Waals surface area contributed by atoms with Crippen LogP contribution < -0.4 is 5.32 Å². The number of hydrogen-bond donors (Lipinski definition) is 1. The summed E-state index contributed by atoms with van der Waals surface area (Å²) in [5.74, 6) is 0. The standard InChI is InChI=1S/C14H27NO/c1-11-9-14(10-12(2)16-11)15-13-7-5-3-4-6-8-13/h11-15H,3-10H2,1-2H3. The largest absolute Gasteiger partial charge is 0.375 e. The maximum Gasteiger partial charge on any atom is 0.0565 e. The van der Waals surface area contributed by atoms with Gasteiger partial charge in [-0.1, -0.05) is 25.7 Å². The molecule has 1 saturated carbocycles. The SMILES string of the molecule is CC1CC(NC2CCCCCC2)CC(C)O1. The van der Waals surface area contributed by atoms with Crippen LogP contribution in [0.25, 0.3) is 0 Å². The second-order valence-electron chi connectivity index (χ2n) is 5.78. The molecule has 94 valence electrons. The molecule has 2 unspecified atom stereocenters. The molecule has 0 radical (unpaired) electrons. The Morgan fingerprint density at radius 2 is 1.38 bits per heavy atom. The lowest BCUT2D eigenvalue weighted by Crippen LogP contribution is -2.45. The Balaban J connectivity index is 1.78. The lowest BCUT2D eigenvalue weighted by molar-refractivity contribution is -0.0437. The third-order valence-corrected chi connectivity index (χ3v) is 4.02. The average Bonchev–Trinajstić information content (AvgIpc) is 2.44. The van der Waals surface area contributed by atoms with E-state index in [-0.39, 0.29) is 0 Å². The summed E-state index contributed by atoms with van der Waals surface area (Å²) in [6.45, 7) is 4.41. The molecule has 0 amide bonds. The predicted octanol–water partition coefficient (Wildman–Crippen LogP) is 3.25. The Bertz CT molecular complexity index is 189. The fourth-order valence-corrected chi connectivity index (χ4v) is 3.32. The van der Waals surface area contributed by atoms with E-state index in [1.165, 1.54) is 51.4 Å². The molecule has 2 nitrogen and oxygen atoms in total. The summed E-state index contributed by atoms with van der Waals surface area (Å²) in [6.07, 6.45) is 11.8. The molecule has 2 aliphatic rings. The van der Waals surface area contributed by atoms with Crippen molar-refractivity contribution in [2.75, 3.05) is 0 Å². The molecular formula is C14H27NO. The number of nitrogens with one attached hydrogen (secondary N) is 1. The van der Waals surface area contributed by atoms with Gasteiger partial charge in [0.1, 0.15) is 0 Å². The van der Waals surface area contributed by atoms with Crippen LogP contribution in [0.1, 0.15) is 65.2 Å². The molecule has 2 heteroatoms. The van der Waals surface area contributed by atoms with Gasteiger partial charge in [-0.05, 0) is 39.5 Å². The van der Waals surface area contributed by atoms with Gasteiger partial charge in [-0.25, -0.2) is 0 Å². The third-order valence-electron chi connectivity index (χ3n) is 4.02. The lowest BCUT2D eigenvalue weighted by atomic mass is 9.97. The van der Waals surface area contributed by atoms with Crippen LogP contribution in [0.2, 0.25) is 0 Å². The van der Waals surface area contributed by atoms with E-state index >= 15 is 0 Å². The predicted molar refractivity (Wildman–Crippen MR) is 67.7 cm³/mol. The molecule has 0 bridgehead atoms. The van der Waals surface area contributed by atoms with Crippen LogP contribution in [0.3, 0.4) is 0 Å². The first-order chi connectivity index (χ1) is 7.74. The van der Waals surface area contributed by atoms with Gasteiger partial charge in [0.25, 0.3) is 0 Å². The Morgan fingerprint density at radius 3 is 1.94 bits per heavy atom. The van der Waals surface area contributed by atoms with E-state index in [2.05, 4.69) is 19.2 Å². The van der Waals surface area contributed by atoms with Crippen LogP contribution >= 0.6 is 0 Å². The Morgan fingerprint density at radius 1 is 0.812 bits per heavy atom. The normalized spacial score (nSPS) is 38.2. The van der Waals surface area contributed by atoms with Crippen LogP contribution in [0.4, 0.5) is 0 Å². The Labute approximate surface area is 100 Å². The van der Waals surface area contributed by atoms with Gasteiger partial charge in [0.05, 0.1) is 12.2 Å². The first-order valence-electron chi connectivity index (χ1n) is 7.15. The van der Waals surface area contributed by atoms with E-state index in [1.807, 2.05) is 0 Å². The number of rotatable bonds is 2. The van der Waals surface area contributed by atoms with Crippen LogP contribution in [0.5, 0.6) is 0 Å². The lowest BCUT2D eigenvalue weighted by Gasteiger charge is -2.35. The van der Waals surface area contributed by atoms with E-state index in [4.69, 9.17) is 4.74 Å². The molecule has 1 aliphatic carbocycles. The van der Waals surface area contributed by atoms with Gasteiger partial charge in [0, 0.05) is 12.1 Å². The minimum atomic E-state index is 0.437. The van der Waals surface area contributed by atoms with Gasteiger partial charge >= 0.3 is 0 Å². The minimum absolute atomic E-state index is 0.437. The second-order valence-corrected chi connectivity index (χ2v) is 5.78. The van der Waals surface area contributed by atoms with Gasteiger partial charge in [0.15, 0.2) is 0 Å². The highest BCUT2D eigenvalue weighted by Crippen LogP contribution is 2.23. The smallest absolute Gasteiger partial charge is 0.0565 e. The fourth-order valence-electron chi connectivity index (χ4n) is 3.32. The van der Waals surface area contributed by atoms with Gasteiger partial charge in [-0.3, -0.25) is 0 Å². The van der Waals surface area contributed by atoms with E-state index in [9.17, 15) is 0 Å². The maximum absolute atomic E-state index is 5.79. The van der Waals surface area contributed by atoms with Crippen LogP contribution in [0.15, 0.2) is 0 Å². The molecule has 1 aliphatic heterocycles. The zero-order valence-corrected chi connectivity index (χ0v) is 10.9. The summed E-state index contributed by atoms with van der Waals surface area (Å²) in [5.41, 5.74) is 0. The van der Waals surface area contributed by atoms with Crippen LogP contribution in [0, 0.1) is 0 Å². The molecule has 0 aromatic carbocycles. The van der Waals surface area contributed by atoms with Gasteiger partial charge < -0.3 is 10.1 Å². The van der Waals surface area contributed by atoms with Crippen LogP contribution in [-0.2, 0) is 4.74 Å². The molecule has 1 heterocycles. The van der Waals surface area contributed by atoms with Crippen molar-refractivity contribution in [1.82, 2.24) is 5.32 Å². The molecule has 2 rings (SSSR count). The van der Waals surface area contributed by atoms with E-state index in [1.54, 1.807) is 0 Å². The summed E-state index contributed by atoms with van der Waals surface area (Å²) in [6, 6.07) is 1.48. The van der Waals surface area contributed by atoms with Crippen molar-refractivity contribution in [1.29, 1.82) is 0 Å². The molecule has 2 fully saturated rings. The summed E-state index contributed by atoms with van der Waals surface area (Å²) in [7, 11) is 0. The third kappa shape index (κ3) is 3.74. The minimum Gasteiger partial charge on any atom is -0.375 e. The van der Waals surface area contributed by atoms with E-state index < -0.39 is 0 Å². The Kier molecular flexibility index (Phi) is 4.66. The summed E-state index contributed by atoms with van der Waals surface area (Å²) >= 11 is 0. The van der Waals surface area contributed by atoms with Crippen molar-refractivity contribution < 1.29 is 4.74 Å². The molecule has 2 atom stereocenters. The monoisotopic (exact) mass is 225 g/mol. The fraction of sp³-hybridized carbons (Fsp3) is 1.00. The molecule has 0 aromatic rings. The first kappa shape index (κ1) is 12.4. The number of ether oxygens (including phenoxy) is 1. The highest BCUT2D eigenvalue weighted by molar-refractivity contribution is 4.82. The second kappa shape index (κ2) is 6.02. The molecule has 0 spiro atoms. The number of hydrogen-bond acceptors (Lipinski definition) is 2. The molecule has 1 saturated heterocycles. The van der Waals surface area contributed by atoms with Gasteiger partial charge in [0.2, 0.25) is 0 Å². The molecule has 16 heavy (non-hydrogen) atoms. The molecular weight excluding hydrogens is 198 g/mol. The van der Waals surface area contributed by atoms with Crippen LogP contribution in [-0.4, -0.2) is 24.3 Å². The maximum atomic E-state index is 5.79. The Hall–Kier alpha value is -0.0800. The van der Waals surface area contributed by atoms with Crippen molar-refractivity contribution in [3.63, 3.8) is 0 Å². The highest BCUT2D eigenvalue weighted by atomic mass is 16.5. The van der Waals surface area contributed by atoms with Gasteiger partial charge in [-0.15, -0.1) is 0 Å². The zero-order chi connectivity index (χ0) is 11.4. The quantitative estimate of drug-likeness (QED) is 0.728. The summed E-state index contributed by atoms with van der Waals surface area (Å²) < 4.78 is 5.79. The summed E-state index contributed by atoms with van der Waals surface area (Å²) in [4.78, 5) is 0. The van der Waals surface area contributed by atoms with Crippen molar-refractivity contribution >= 4 is 0 Å². The summed E-state index contributed by atoms with van der Waals surface area (Å²) in [5, 5.41) is 3.88. The van der Waals surface area contributed by atoms with Crippen molar-refractivity contribution in [3.8, 4) is 0 Å².